The molecule has 2 N–H and O–H groups in total. The quantitative estimate of drug-likeness (QED) is 0.373. The number of anilines is 1. The van der Waals surface area contributed by atoms with E-state index < -0.39 is 26.7 Å². The Morgan fingerprint density at radius 2 is 1.81 bits per heavy atom. The third-order valence-corrected chi connectivity index (χ3v) is 5.89. The van der Waals surface area contributed by atoms with E-state index in [-0.39, 0.29) is 22.7 Å². The number of carbonyl (C=O) groups excluding carboxylic acids is 1. The van der Waals surface area contributed by atoms with E-state index >= 15 is 0 Å². The molecule has 32 heavy (non-hydrogen) atoms. The van der Waals surface area contributed by atoms with Crippen molar-refractivity contribution in [2.45, 2.75) is 16.3 Å². The van der Waals surface area contributed by atoms with Crippen LogP contribution >= 0.6 is 11.8 Å². The van der Waals surface area contributed by atoms with Crippen molar-refractivity contribution >= 4 is 39.1 Å². The molecule has 0 unspecified atom stereocenters. The molecule has 0 aliphatic rings. The van der Waals surface area contributed by atoms with Gasteiger partial charge in [-0.2, -0.15) is 0 Å². The number of nitro groups is 1. The number of non-ortho nitro benzene ring substituents is 1. The molecule has 11 heteroatoms. The van der Waals surface area contributed by atoms with E-state index in [9.17, 15) is 27.7 Å². The van der Waals surface area contributed by atoms with Gasteiger partial charge in [0, 0.05) is 34.2 Å². The molecule has 0 aromatic heterocycles. The SMILES string of the molecule is CS(=O)(=O)Nc1cccc(CNC(=O)c2cc([N+](=O)[O-])ccc2Sc2ccccc2F)c1. The van der Waals surface area contributed by atoms with E-state index in [0.29, 0.717) is 16.1 Å². The first-order valence-corrected chi connectivity index (χ1v) is 11.9. The van der Waals surface area contributed by atoms with Crippen molar-refractivity contribution < 1.29 is 22.5 Å². The van der Waals surface area contributed by atoms with Gasteiger partial charge in [-0.1, -0.05) is 36.0 Å². The molecule has 3 aromatic carbocycles. The summed E-state index contributed by atoms with van der Waals surface area (Å²) >= 11 is 0.985. The van der Waals surface area contributed by atoms with Crippen molar-refractivity contribution in [3.63, 3.8) is 0 Å². The molecule has 8 nitrogen and oxygen atoms in total. The standard InChI is InChI=1S/C21H18FN3O5S2/c1-32(29,30)24-15-6-4-5-14(11-15)13-23-21(26)17-12-16(25(27)28)9-10-19(17)31-20-8-3-2-7-18(20)22/h2-12,24H,13H2,1H3,(H,23,26). The van der Waals surface area contributed by atoms with E-state index in [1.807, 2.05) is 0 Å². The van der Waals surface area contributed by atoms with Crippen molar-refractivity contribution in [1.82, 2.24) is 5.32 Å². The molecule has 0 heterocycles. The van der Waals surface area contributed by atoms with Crippen LogP contribution in [0.25, 0.3) is 0 Å². The van der Waals surface area contributed by atoms with Gasteiger partial charge >= 0.3 is 0 Å². The average Bonchev–Trinajstić information content (AvgIpc) is 2.73. The van der Waals surface area contributed by atoms with Gasteiger partial charge in [-0.15, -0.1) is 0 Å². The van der Waals surface area contributed by atoms with E-state index in [1.54, 1.807) is 36.4 Å². The van der Waals surface area contributed by atoms with Gasteiger partial charge < -0.3 is 5.32 Å². The smallest absolute Gasteiger partial charge is 0.270 e. The predicted molar refractivity (Wildman–Crippen MR) is 120 cm³/mol. The molecule has 0 aliphatic heterocycles. The minimum Gasteiger partial charge on any atom is -0.348 e. The fourth-order valence-corrected chi connectivity index (χ4v) is 4.28. The third kappa shape index (κ3) is 6.28. The molecule has 0 spiro atoms. The van der Waals surface area contributed by atoms with Crippen molar-refractivity contribution in [2.75, 3.05) is 11.0 Å². The number of nitrogens with one attached hydrogen (secondary N) is 2. The lowest BCUT2D eigenvalue weighted by Gasteiger charge is -2.11. The molecule has 0 aliphatic carbocycles. The first-order valence-electron chi connectivity index (χ1n) is 9.18. The van der Waals surface area contributed by atoms with Crippen LogP contribution in [0, 0.1) is 15.9 Å². The highest BCUT2D eigenvalue weighted by molar-refractivity contribution is 7.99. The Kier molecular flexibility index (Phi) is 7.11. The van der Waals surface area contributed by atoms with Crippen LogP contribution in [0.2, 0.25) is 0 Å². The zero-order valence-electron chi connectivity index (χ0n) is 16.7. The average molecular weight is 476 g/mol. The first kappa shape index (κ1) is 23.2. The first-order chi connectivity index (χ1) is 15.1. The monoisotopic (exact) mass is 475 g/mol. The van der Waals surface area contributed by atoms with Crippen molar-refractivity contribution in [1.29, 1.82) is 0 Å². The molecule has 0 radical (unpaired) electrons. The second-order valence-corrected chi connectivity index (χ2v) is 9.56. The highest BCUT2D eigenvalue weighted by Crippen LogP contribution is 2.34. The van der Waals surface area contributed by atoms with Gasteiger partial charge in [0.25, 0.3) is 11.6 Å². The molecule has 0 bridgehead atoms. The van der Waals surface area contributed by atoms with Gasteiger partial charge in [0.2, 0.25) is 10.0 Å². The van der Waals surface area contributed by atoms with Crippen LogP contribution in [0.3, 0.4) is 0 Å². The number of hydrogen-bond donors (Lipinski definition) is 2. The molecular weight excluding hydrogens is 457 g/mol. The van der Waals surface area contributed by atoms with Gasteiger partial charge in [-0.3, -0.25) is 19.6 Å². The Hall–Kier alpha value is -3.44. The van der Waals surface area contributed by atoms with Gasteiger partial charge in [-0.05, 0) is 35.9 Å². The second kappa shape index (κ2) is 9.79. The molecule has 0 saturated carbocycles. The van der Waals surface area contributed by atoms with Crippen LogP contribution in [0.5, 0.6) is 0 Å². The summed E-state index contributed by atoms with van der Waals surface area (Å²) in [6, 6.07) is 16.2. The molecular formula is C21H18FN3O5S2. The largest absolute Gasteiger partial charge is 0.348 e. The van der Waals surface area contributed by atoms with Crippen LogP contribution < -0.4 is 10.0 Å². The number of benzene rings is 3. The van der Waals surface area contributed by atoms with E-state index in [2.05, 4.69) is 10.0 Å². The lowest BCUT2D eigenvalue weighted by molar-refractivity contribution is -0.384. The van der Waals surface area contributed by atoms with Gasteiger partial charge in [0.05, 0.1) is 16.7 Å². The summed E-state index contributed by atoms with van der Waals surface area (Å²) in [5.41, 5.74) is 0.705. The zero-order valence-corrected chi connectivity index (χ0v) is 18.4. The zero-order chi connectivity index (χ0) is 23.3. The normalized spacial score (nSPS) is 11.1. The van der Waals surface area contributed by atoms with Crippen molar-refractivity contribution in [3.8, 4) is 0 Å². The van der Waals surface area contributed by atoms with Crippen molar-refractivity contribution in [3.05, 3.63) is 93.8 Å². The summed E-state index contributed by atoms with van der Waals surface area (Å²) in [6.07, 6.45) is 1.03. The van der Waals surface area contributed by atoms with Gasteiger partial charge in [-0.25, -0.2) is 12.8 Å². The number of sulfonamides is 1. The molecule has 0 atom stereocenters. The Bertz CT molecular complexity index is 1280. The third-order valence-electron chi connectivity index (χ3n) is 4.16. The molecule has 166 valence electrons. The predicted octanol–water partition coefficient (Wildman–Crippen LogP) is 4.19. The fraction of sp³-hybridized carbons (Fsp3) is 0.0952. The van der Waals surface area contributed by atoms with Gasteiger partial charge in [0.15, 0.2) is 0 Å². The Morgan fingerprint density at radius 1 is 1.06 bits per heavy atom. The minimum absolute atomic E-state index is 0.0258. The molecule has 0 fully saturated rings. The Morgan fingerprint density at radius 3 is 2.50 bits per heavy atom. The Labute approximate surface area is 188 Å². The fourth-order valence-electron chi connectivity index (χ4n) is 2.78. The van der Waals surface area contributed by atoms with E-state index in [4.69, 9.17) is 0 Å². The van der Waals surface area contributed by atoms with Crippen LogP contribution in [0.15, 0.2) is 76.5 Å². The summed E-state index contributed by atoms with van der Waals surface area (Å²) in [5, 5.41) is 13.8. The number of hydrogen-bond acceptors (Lipinski definition) is 6. The Balaban J connectivity index is 1.83. The summed E-state index contributed by atoms with van der Waals surface area (Å²) in [4.78, 5) is 24.0. The number of carbonyl (C=O) groups is 1. The molecule has 3 aromatic rings. The molecule has 3 rings (SSSR count). The highest BCUT2D eigenvalue weighted by Gasteiger charge is 2.18. The summed E-state index contributed by atoms with van der Waals surface area (Å²) in [6.45, 7) is 0.0462. The lowest BCUT2D eigenvalue weighted by atomic mass is 10.1. The number of halogens is 1. The minimum atomic E-state index is -3.45. The second-order valence-electron chi connectivity index (χ2n) is 6.73. The number of nitro benzene ring substituents is 1. The maximum absolute atomic E-state index is 14.1. The maximum atomic E-state index is 14.1. The maximum Gasteiger partial charge on any atom is 0.270 e. The summed E-state index contributed by atoms with van der Waals surface area (Å²) < 4.78 is 39.2. The van der Waals surface area contributed by atoms with Crippen LogP contribution in [-0.4, -0.2) is 25.5 Å². The van der Waals surface area contributed by atoms with Crippen molar-refractivity contribution in [2.24, 2.45) is 0 Å². The lowest BCUT2D eigenvalue weighted by Crippen LogP contribution is -2.23. The number of rotatable bonds is 8. The summed E-state index contributed by atoms with van der Waals surface area (Å²) in [5.74, 6) is -1.06. The van der Waals surface area contributed by atoms with E-state index in [0.717, 1.165) is 24.1 Å². The molecule has 0 saturated heterocycles. The molecule has 1 amide bonds. The topological polar surface area (TPSA) is 118 Å². The summed E-state index contributed by atoms with van der Waals surface area (Å²) in [7, 11) is -3.45. The van der Waals surface area contributed by atoms with Crippen LogP contribution in [0.1, 0.15) is 15.9 Å². The van der Waals surface area contributed by atoms with Crippen LogP contribution in [0.4, 0.5) is 15.8 Å². The number of nitrogens with zero attached hydrogens (tertiary/aromatic N) is 1. The van der Waals surface area contributed by atoms with E-state index in [1.165, 1.54) is 24.3 Å². The number of amides is 1. The van der Waals surface area contributed by atoms with Gasteiger partial charge in [0.1, 0.15) is 5.82 Å². The van der Waals surface area contributed by atoms with Crippen LogP contribution in [-0.2, 0) is 16.6 Å². The highest BCUT2D eigenvalue weighted by atomic mass is 32.2.